The minimum Gasteiger partial charge on any atom is -0.460 e. The molecule has 5 rings (SSSR count). The summed E-state index contributed by atoms with van der Waals surface area (Å²) < 4.78 is 17.0. The van der Waals surface area contributed by atoms with Crippen LogP contribution in [0, 0.1) is 6.92 Å². The second-order valence-electron chi connectivity index (χ2n) is 8.73. The second kappa shape index (κ2) is 11.3. The first-order valence-corrected chi connectivity index (χ1v) is 12.2. The highest BCUT2D eigenvalue weighted by Gasteiger charge is 2.18. The molecule has 196 valence electrons. The van der Waals surface area contributed by atoms with Gasteiger partial charge in [0.15, 0.2) is 0 Å². The standard InChI is InChI=1S/C27H28N6O5/c1-17-25(26(35)28-2)21-7-6-20(15-22(21)37-17)38-24-8-9-29-27(32-24)31-19-5-3-4-18(14-19)30-23(34)16-33-10-12-36-13-11-33/h3-9,14-15H,10-13,16H2,1-2H3,(H,28,35)(H,30,34)(H,29,31,32). The zero-order valence-corrected chi connectivity index (χ0v) is 21.1. The molecule has 38 heavy (non-hydrogen) atoms. The largest absolute Gasteiger partial charge is 0.460 e. The number of hydrogen-bond acceptors (Lipinski definition) is 9. The maximum atomic E-state index is 12.4. The third-order valence-electron chi connectivity index (χ3n) is 6.02. The summed E-state index contributed by atoms with van der Waals surface area (Å²) in [6.45, 7) is 4.85. The first-order chi connectivity index (χ1) is 18.5. The van der Waals surface area contributed by atoms with E-state index in [1.54, 1.807) is 44.4 Å². The Morgan fingerprint density at radius 3 is 2.71 bits per heavy atom. The molecule has 0 atom stereocenters. The predicted octanol–water partition coefficient (Wildman–Crippen LogP) is 3.70. The molecule has 1 saturated heterocycles. The number of aryl methyl sites for hydroxylation is 1. The third kappa shape index (κ3) is 5.90. The summed E-state index contributed by atoms with van der Waals surface area (Å²) >= 11 is 0. The van der Waals surface area contributed by atoms with Crippen molar-refractivity contribution in [1.29, 1.82) is 0 Å². The lowest BCUT2D eigenvalue weighted by molar-refractivity contribution is -0.118. The zero-order valence-electron chi connectivity index (χ0n) is 21.1. The Morgan fingerprint density at radius 1 is 1.08 bits per heavy atom. The molecule has 3 N–H and O–H groups in total. The van der Waals surface area contributed by atoms with Gasteiger partial charge in [-0.25, -0.2) is 4.98 Å². The van der Waals surface area contributed by atoms with Crippen LogP contribution in [-0.2, 0) is 9.53 Å². The quantitative estimate of drug-likeness (QED) is 0.321. The average molecular weight is 517 g/mol. The molecule has 11 nitrogen and oxygen atoms in total. The number of fused-ring (bicyclic) bond motifs is 1. The lowest BCUT2D eigenvalue weighted by Crippen LogP contribution is -2.41. The van der Waals surface area contributed by atoms with Crippen LogP contribution in [0.4, 0.5) is 17.3 Å². The van der Waals surface area contributed by atoms with Crippen LogP contribution in [0.3, 0.4) is 0 Å². The van der Waals surface area contributed by atoms with Gasteiger partial charge in [-0.05, 0) is 37.3 Å². The van der Waals surface area contributed by atoms with Crippen molar-refractivity contribution in [3.05, 3.63) is 66.1 Å². The van der Waals surface area contributed by atoms with Gasteiger partial charge < -0.3 is 29.8 Å². The molecule has 4 aromatic rings. The lowest BCUT2D eigenvalue weighted by atomic mass is 10.1. The van der Waals surface area contributed by atoms with Crippen LogP contribution in [0.25, 0.3) is 11.0 Å². The van der Waals surface area contributed by atoms with Crippen LogP contribution < -0.4 is 20.7 Å². The van der Waals surface area contributed by atoms with Crippen molar-refractivity contribution in [2.45, 2.75) is 6.92 Å². The molecule has 3 heterocycles. The Hall–Kier alpha value is -4.48. The highest BCUT2D eigenvalue weighted by atomic mass is 16.5. The molecule has 0 unspecified atom stereocenters. The maximum Gasteiger partial charge on any atom is 0.255 e. The van der Waals surface area contributed by atoms with E-state index in [2.05, 4.69) is 30.8 Å². The smallest absolute Gasteiger partial charge is 0.255 e. The van der Waals surface area contributed by atoms with Gasteiger partial charge in [-0.15, -0.1) is 0 Å². The number of amides is 2. The van der Waals surface area contributed by atoms with Gasteiger partial charge in [-0.3, -0.25) is 14.5 Å². The van der Waals surface area contributed by atoms with Crippen molar-refractivity contribution in [1.82, 2.24) is 20.2 Å². The Labute approximate surface area is 219 Å². The molecular formula is C27H28N6O5. The van der Waals surface area contributed by atoms with Gasteiger partial charge in [0.2, 0.25) is 17.7 Å². The number of morpholine rings is 1. The fraction of sp³-hybridized carbons (Fsp3) is 0.259. The number of carbonyl (C=O) groups excluding carboxylic acids is 2. The number of nitrogens with zero attached hydrogens (tertiary/aromatic N) is 3. The van der Waals surface area contributed by atoms with E-state index >= 15 is 0 Å². The minimum atomic E-state index is -0.206. The van der Waals surface area contributed by atoms with Crippen LogP contribution in [0.2, 0.25) is 0 Å². The number of rotatable bonds is 8. The first kappa shape index (κ1) is 25.2. The van der Waals surface area contributed by atoms with Gasteiger partial charge in [0.25, 0.3) is 5.91 Å². The predicted molar refractivity (Wildman–Crippen MR) is 142 cm³/mol. The van der Waals surface area contributed by atoms with E-state index in [1.807, 2.05) is 24.3 Å². The number of ether oxygens (including phenoxy) is 2. The Morgan fingerprint density at radius 2 is 1.89 bits per heavy atom. The summed E-state index contributed by atoms with van der Waals surface area (Å²) in [5.41, 5.74) is 2.42. The topological polar surface area (TPSA) is 131 Å². The number of aromatic nitrogens is 2. The number of hydrogen-bond donors (Lipinski definition) is 3. The molecule has 1 fully saturated rings. The van der Waals surface area contributed by atoms with E-state index < -0.39 is 0 Å². The van der Waals surface area contributed by atoms with Gasteiger partial charge in [0.05, 0.1) is 25.3 Å². The van der Waals surface area contributed by atoms with E-state index in [-0.39, 0.29) is 11.8 Å². The minimum absolute atomic E-state index is 0.0816. The second-order valence-corrected chi connectivity index (χ2v) is 8.73. The van der Waals surface area contributed by atoms with Gasteiger partial charge in [-0.1, -0.05) is 6.07 Å². The van der Waals surface area contributed by atoms with Crippen molar-refractivity contribution in [3.8, 4) is 11.6 Å². The molecule has 0 spiro atoms. The molecule has 11 heteroatoms. The van der Waals surface area contributed by atoms with Crippen molar-refractivity contribution >= 4 is 40.1 Å². The molecule has 2 aromatic heterocycles. The van der Waals surface area contributed by atoms with E-state index in [0.717, 1.165) is 13.1 Å². The molecule has 0 aliphatic carbocycles. The van der Waals surface area contributed by atoms with Crippen molar-refractivity contribution in [2.24, 2.45) is 0 Å². The molecule has 0 radical (unpaired) electrons. The fourth-order valence-corrected chi connectivity index (χ4v) is 4.22. The zero-order chi connectivity index (χ0) is 26.5. The van der Waals surface area contributed by atoms with Crippen LogP contribution in [0.1, 0.15) is 16.1 Å². The summed E-state index contributed by atoms with van der Waals surface area (Å²) in [5, 5.41) is 9.40. The number of nitrogens with one attached hydrogen (secondary N) is 3. The SMILES string of the molecule is CNC(=O)c1c(C)oc2cc(Oc3ccnc(Nc4cccc(NC(=O)CN5CCOCC5)c4)n3)ccc12. The van der Waals surface area contributed by atoms with Crippen LogP contribution in [-0.4, -0.2) is 66.6 Å². The highest BCUT2D eigenvalue weighted by molar-refractivity contribution is 6.07. The van der Waals surface area contributed by atoms with Crippen LogP contribution >= 0.6 is 0 Å². The first-order valence-electron chi connectivity index (χ1n) is 12.2. The molecule has 2 aromatic carbocycles. The average Bonchev–Trinajstić information content (AvgIpc) is 3.24. The van der Waals surface area contributed by atoms with Crippen LogP contribution in [0.5, 0.6) is 11.6 Å². The normalized spacial score (nSPS) is 13.7. The van der Waals surface area contributed by atoms with Crippen molar-refractivity contribution in [3.63, 3.8) is 0 Å². The summed E-state index contributed by atoms with van der Waals surface area (Å²) in [6, 6.07) is 14.2. The molecular weight excluding hydrogens is 488 g/mol. The van der Waals surface area contributed by atoms with Crippen molar-refractivity contribution < 1.29 is 23.5 Å². The van der Waals surface area contributed by atoms with Gasteiger partial charge in [0.1, 0.15) is 17.1 Å². The summed E-state index contributed by atoms with van der Waals surface area (Å²) in [6.07, 6.45) is 1.58. The van der Waals surface area contributed by atoms with Gasteiger partial charge in [-0.2, -0.15) is 4.98 Å². The number of furan rings is 1. The van der Waals surface area contributed by atoms with E-state index in [9.17, 15) is 9.59 Å². The molecule has 2 amide bonds. The monoisotopic (exact) mass is 516 g/mol. The van der Waals surface area contributed by atoms with Gasteiger partial charge in [0, 0.05) is 55.2 Å². The molecule has 1 aliphatic rings. The van der Waals surface area contributed by atoms with Gasteiger partial charge >= 0.3 is 0 Å². The Kier molecular flexibility index (Phi) is 7.47. The number of benzene rings is 2. The summed E-state index contributed by atoms with van der Waals surface area (Å²) in [5.74, 6) is 1.40. The molecule has 0 saturated carbocycles. The molecule has 0 bridgehead atoms. The van der Waals surface area contributed by atoms with E-state index in [4.69, 9.17) is 13.9 Å². The number of anilines is 3. The summed E-state index contributed by atoms with van der Waals surface area (Å²) in [7, 11) is 1.58. The maximum absolute atomic E-state index is 12.4. The van der Waals surface area contributed by atoms with Crippen LogP contribution in [0.15, 0.2) is 59.1 Å². The Bertz CT molecular complexity index is 1460. The van der Waals surface area contributed by atoms with Crippen molar-refractivity contribution in [2.75, 3.05) is 50.5 Å². The highest BCUT2D eigenvalue weighted by Crippen LogP contribution is 2.31. The lowest BCUT2D eigenvalue weighted by Gasteiger charge is -2.25. The third-order valence-corrected chi connectivity index (χ3v) is 6.02. The van der Waals surface area contributed by atoms with E-state index in [1.165, 1.54) is 0 Å². The number of carbonyl (C=O) groups is 2. The Balaban J connectivity index is 1.24. The summed E-state index contributed by atoms with van der Waals surface area (Å²) in [4.78, 5) is 35.4. The fourth-order valence-electron chi connectivity index (χ4n) is 4.22. The molecule has 1 aliphatic heterocycles. The van der Waals surface area contributed by atoms with E-state index in [0.29, 0.717) is 71.0 Å².